The second-order valence-corrected chi connectivity index (χ2v) is 4.25. The number of aromatic nitrogens is 2. The maximum absolute atomic E-state index is 11.7. The summed E-state index contributed by atoms with van der Waals surface area (Å²) in [6.45, 7) is 6.05. The zero-order valence-corrected chi connectivity index (χ0v) is 10.7. The Hall–Kier alpha value is -1.36. The van der Waals surface area contributed by atoms with Crippen LogP contribution in [-0.2, 0) is 6.42 Å². The highest BCUT2D eigenvalue weighted by molar-refractivity contribution is 5.92. The van der Waals surface area contributed by atoms with Gasteiger partial charge >= 0.3 is 0 Å². The van der Waals surface area contributed by atoms with Crippen molar-refractivity contribution in [3.05, 3.63) is 17.5 Å². The highest BCUT2D eigenvalue weighted by Crippen LogP contribution is 2.13. The Kier molecular flexibility index (Phi) is 4.69. The first-order valence-corrected chi connectivity index (χ1v) is 6.09. The van der Waals surface area contributed by atoms with Crippen molar-refractivity contribution in [2.45, 2.75) is 45.6 Å². The molecule has 0 spiro atoms. The number of hydrogen-bond donors (Lipinski definition) is 3. The Balaban J connectivity index is 2.55. The molecule has 1 amide bonds. The van der Waals surface area contributed by atoms with E-state index < -0.39 is 5.60 Å². The Bertz CT molecular complexity index is 370. The third-order valence-corrected chi connectivity index (χ3v) is 3.14. The van der Waals surface area contributed by atoms with Crippen LogP contribution in [0.15, 0.2) is 6.07 Å². The van der Waals surface area contributed by atoms with Crippen molar-refractivity contribution in [2.24, 2.45) is 0 Å². The number of amides is 1. The molecule has 0 unspecified atom stereocenters. The van der Waals surface area contributed by atoms with E-state index in [9.17, 15) is 9.90 Å². The van der Waals surface area contributed by atoms with Crippen LogP contribution in [0.3, 0.4) is 0 Å². The molecule has 0 aliphatic rings. The van der Waals surface area contributed by atoms with Gasteiger partial charge in [-0.2, -0.15) is 5.10 Å². The number of H-pyrrole nitrogens is 1. The number of nitrogens with one attached hydrogen (secondary N) is 2. The minimum Gasteiger partial charge on any atom is -0.388 e. The van der Waals surface area contributed by atoms with Crippen molar-refractivity contribution in [2.75, 3.05) is 6.54 Å². The summed E-state index contributed by atoms with van der Waals surface area (Å²) < 4.78 is 0. The molecule has 96 valence electrons. The van der Waals surface area contributed by atoms with Crippen molar-refractivity contribution < 1.29 is 9.90 Å². The van der Waals surface area contributed by atoms with Crippen LogP contribution in [0.4, 0.5) is 0 Å². The van der Waals surface area contributed by atoms with Crippen LogP contribution < -0.4 is 5.32 Å². The summed E-state index contributed by atoms with van der Waals surface area (Å²) in [7, 11) is 0. The summed E-state index contributed by atoms with van der Waals surface area (Å²) in [5.41, 5.74) is 0.479. The molecule has 0 saturated carbocycles. The molecule has 0 radical (unpaired) electrons. The van der Waals surface area contributed by atoms with E-state index in [1.54, 1.807) is 6.07 Å². The van der Waals surface area contributed by atoms with Crippen molar-refractivity contribution in [3.63, 3.8) is 0 Å². The standard InChI is InChI=1S/C12H21N3O2/c1-4-9-7-10(15-14-9)11(16)13-8-12(17,5-2)6-3/h7,17H,4-6,8H2,1-3H3,(H,13,16)(H,14,15). The lowest BCUT2D eigenvalue weighted by Gasteiger charge is -2.25. The van der Waals surface area contributed by atoms with Crippen LogP contribution in [-0.4, -0.2) is 33.4 Å². The van der Waals surface area contributed by atoms with E-state index in [0.29, 0.717) is 18.5 Å². The topological polar surface area (TPSA) is 78.0 Å². The first kappa shape index (κ1) is 13.7. The molecule has 17 heavy (non-hydrogen) atoms. The molecular formula is C12H21N3O2. The first-order valence-electron chi connectivity index (χ1n) is 6.09. The molecule has 5 nitrogen and oxygen atoms in total. The molecule has 0 atom stereocenters. The van der Waals surface area contributed by atoms with Crippen molar-refractivity contribution in [3.8, 4) is 0 Å². The number of rotatable bonds is 6. The molecule has 0 bridgehead atoms. The highest BCUT2D eigenvalue weighted by atomic mass is 16.3. The normalized spacial score (nSPS) is 11.5. The Morgan fingerprint density at radius 2 is 2.12 bits per heavy atom. The number of aromatic amines is 1. The zero-order chi connectivity index (χ0) is 12.9. The fraction of sp³-hybridized carbons (Fsp3) is 0.667. The Morgan fingerprint density at radius 1 is 1.47 bits per heavy atom. The third kappa shape index (κ3) is 3.56. The Labute approximate surface area is 102 Å². The number of aryl methyl sites for hydroxylation is 1. The molecule has 3 N–H and O–H groups in total. The van der Waals surface area contributed by atoms with Crippen LogP contribution in [0.5, 0.6) is 0 Å². The van der Waals surface area contributed by atoms with Gasteiger partial charge in [-0.3, -0.25) is 9.89 Å². The van der Waals surface area contributed by atoms with Gasteiger partial charge in [0.2, 0.25) is 0 Å². The average Bonchev–Trinajstić information content (AvgIpc) is 2.84. The number of carbonyl (C=O) groups is 1. The summed E-state index contributed by atoms with van der Waals surface area (Å²) in [6.07, 6.45) is 2.04. The van der Waals surface area contributed by atoms with E-state index in [-0.39, 0.29) is 12.5 Å². The van der Waals surface area contributed by atoms with Gasteiger partial charge in [-0.05, 0) is 25.3 Å². The van der Waals surface area contributed by atoms with E-state index in [0.717, 1.165) is 12.1 Å². The molecule has 5 heteroatoms. The van der Waals surface area contributed by atoms with Gasteiger partial charge in [0.1, 0.15) is 5.69 Å². The monoisotopic (exact) mass is 239 g/mol. The van der Waals surface area contributed by atoms with E-state index in [1.807, 2.05) is 20.8 Å². The zero-order valence-electron chi connectivity index (χ0n) is 10.7. The van der Waals surface area contributed by atoms with Gasteiger partial charge in [0, 0.05) is 12.2 Å². The molecule has 0 saturated heterocycles. The fourth-order valence-corrected chi connectivity index (χ4v) is 1.49. The van der Waals surface area contributed by atoms with Crippen molar-refractivity contribution >= 4 is 5.91 Å². The smallest absolute Gasteiger partial charge is 0.271 e. The molecule has 1 rings (SSSR count). The predicted molar refractivity (Wildman–Crippen MR) is 65.8 cm³/mol. The third-order valence-electron chi connectivity index (χ3n) is 3.14. The van der Waals surface area contributed by atoms with E-state index in [1.165, 1.54) is 0 Å². The molecular weight excluding hydrogens is 218 g/mol. The molecule has 1 aromatic heterocycles. The van der Waals surface area contributed by atoms with Crippen molar-refractivity contribution in [1.82, 2.24) is 15.5 Å². The summed E-state index contributed by atoms with van der Waals surface area (Å²) in [4.78, 5) is 11.7. The molecule has 0 fully saturated rings. The minimum atomic E-state index is -0.820. The largest absolute Gasteiger partial charge is 0.388 e. The van der Waals surface area contributed by atoms with Crippen LogP contribution in [0.25, 0.3) is 0 Å². The summed E-state index contributed by atoms with van der Waals surface area (Å²) >= 11 is 0. The number of hydrogen-bond acceptors (Lipinski definition) is 3. The van der Waals surface area contributed by atoms with Gasteiger partial charge in [-0.15, -0.1) is 0 Å². The van der Waals surface area contributed by atoms with Gasteiger partial charge < -0.3 is 10.4 Å². The van der Waals surface area contributed by atoms with Gasteiger partial charge in [0.25, 0.3) is 5.91 Å². The van der Waals surface area contributed by atoms with Crippen LogP contribution in [0.1, 0.15) is 49.8 Å². The second-order valence-electron chi connectivity index (χ2n) is 4.25. The quantitative estimate of drug-likeness (QED) is 0.699. The van der Waals surface area contributed by atoms with Gasteiger partial charge in [0.05, 0.1) is 5.60 Å². The van der Waals surface area contributed by atoms with Gasteiger partial charge in [-0.1, -0.05) is 20.8 Å². The highest BCUT2D eigenvalue weighted by Gasteiger charge is 2.23. The maximum atomic E-state index is 11.7. The lowest BCUT2D eigenvalue weighted by Crippen LogP contribution is -2.42. The van der Waals surface area contributed by atoms with E-state index in [4.69, 9.17) is 0 Å². The summed E-state index contributed by atoms with van der Waals surface area (Å²) in [6, 6.07) is 1.73. The Morgan fingerprint density at radius 3 is 2.59 bits per heavy atom. The lowest BCUT2D eigenvalue weighted by atomic mass is 9.97. The lowest BCUT2D eigenvalue weighted by molar-refractivity contribution is 0.0313. The van der Waals surface area contributed by atoms with E-state index >= 15 is 0 Å². The summed E-state index contributed by atoms with van der Waals surface area (Å²) in [5.74, 6) is -0.249. The molecule has 1 heterocycles. The number of carbonyl (C=O) groups excluding carboxylic acids is 1. The van der Waals surface area contributed by atoms with Crippen LogP contribution in [0, 0.1) is 0 Å². The minimum absolute atomic E-state index is 0.249. The van der Waals surface area contributed by atoms with Crippen LogP contribution in [0.2, 0.25) is 0 Å². The SMILES string of the molecule is CCc1cc(C(=O)NCC(O)(CC)CC)n[nH]1. The summed E-state index contributed by atoms with van der Waals surface area (Å²) in [5, 5.41) is 19.4. The first-order chi connectivity index (χ1) is 8.04. The van der Waals surface area contributed by atoms with E-state index in [2.05, 4.69) is 15.5 Å². The second kappa shape index (κ2) is 5.82. The number of nitrogens with zero attached hydrogens (tertiary/aromatic N) is 1. The molecule has 0 aliphatic heterocycles. The van der Waals surface area contributed by atoms with Crippen LogP contribution >= 0.6 is 0 Å². The van der Waals surface area contributed by atoms with Gasteiger partial charge in [-0.25, -0.2) is 0 Å². The fourth-order valence-electron chi connectivity index (χ4n) is 1.49. The maximum Gasteiger partial charge on any atom is 0.271 e. The molecule has 0 aromatic carbocycles. The predicted octanol–water partition coefficient (Wildman–Crippen LogP) is 1.25. The number of aliphatic hydroxyl groups is 1. The molecule has 1 aromatic rings. The molecule has 0 aliphatic carbocycles. The van der Waals surface area contributed by atoms with Crippen molar-refractivity contribution in [1.29, 1.82) is 0 Å². The average molecular weight is 239 g/mol. The van der Waals surface area contributed by atoms with Gasteiger partial charge in [0.15, 0.2) is 0 Å².